The average Bonchev–Trinajstić information content (AvgIpc) is 2.49. The molecule has 1 amide bonds. The number of ether oxygens (including phenoxy) is 2. The highest BCUT2D eigenvalue weighted by Crippen LogP contribution is 2.16. The van der Waals surface area contributed by atoms with Gasteiger partial charge in [-0.3, -0.25) is 4.79 Å². The summed E-state index contributed by atoms with van der Waals surface area (Å²) in [5, 5.41) is 6.16. The van der Waals surface area contributed by atoms with Crippen molar-refractivity contribution in [3.05, 3.63) is 29.8 Å². The molecule has 1 aliphatic heterocycles. The lowest BCUT2D eigenvalue weighted by molar-refractivity contribution is -0.121. The molecule has 1 aliphatic rings. The highest BCUT2D eigenvalue weighted by atomic mass is 16.5. The highest BCUT2D eigenvalue weighted by molar-refractivity contribution is 5.78. The Morgan fingerprint density at radius 2 is 2.10 bits per heavy atom. The third-order valence-corrected chi connectivity index (χ3v) is 3.38. The molecule has 0 atom stereocenters. The van der Waals surface area contributed by atoms with Gasteiger partial charge in [-0.15, -0.1) is 0 Å². The molecule has 1 aromatic carbocycles. The predicted molar refractivity (Wildman–Crippen MR) is 76.7 cm³/mol. The summed E-state index contributed by atoms with van der Waals surface area (Å²) in [6, 6.07) is 8.05. The molecule has 0 aromatic heterocycles. The fourth-order valence-corrected chi connectivity index (χ4v) is 2.28. The van der Waals surface area contributed by atoms with Crippen LogP contribution in [-0.2, 0) is 16.1 Å². The van der Waals surface area contributed by atoms with Crippen molar-refractivity contribution >= 4 is 5.91 Å². The smallest absolute Gasteiger partial charge is 0.234 e. The largest absolute Gasteiger partial charge is 0.496 e. The Kier molecular flexibility index (Phi) is 5.83. The first-order chi connectivity index (χ1) is 9.79. The molecule has 0 aliphatic carbocycles. The minimum absolute atomic E-state index is 0.0341. The van der Waals surface area contributed by atoms with Gasteiger partial charge in [0.25, 0.3) is 0 Å². The zero-order valence-electron chi connectivity index (χ0n) is 11.9. The Bertz CT molecular complexity index is 431. The Hall–Kier alpha value is -1.59. The van der Waals surface area contributed by atoms with E-state index in [0.29, 0.717) is 13.1 Å². The van der Waals surface area contributed by atoms with Crippen LogP contribution in [0.2, 0.25) is 0 Å². The second kappa shape index (κ2) is 7.87. The normalized spacial score (nSPS) is 15.8. The fourth-order valence-electron chi connectivity index (χ4n) is 2.28. The maximum absolute atomic E-state index is 11.8. The molecule has 2 N–H and O–H groups in total. The summed E-state index contributed by atoms with van der Waals surface area (Å²) in [5.41, 5.74) is 1.05. The summed E-state index contributed by atoms with van der Waals surface area (Å²) in [6.07, 6.45) is 1.80. The number of carbonyl (C=O) groups is 1. The number of rotatable bonds is 6. The number of methoxy groups -OCH3 is 1. The first kappa shape index (κ1) is 14.8. The number of nitrogens with one attached hydrogen (secondary N) is 2. The highest BCUT2D eigenvalue weighted by Gasteiger charge is 2.15. The first-order valence-electron chi connectivity index (χ1n) is 6.99. The van der Waals surface area contributed by atoms with Crippen LogP contribution in [0.3, 0.4) is 0 Å². The van der Waals surface area contributed by atoms with E-state index in [-0.39, 0.29) is 11.9 Å². The van der Waals surface area contributed by atoms with Crippen molar-refractivity contribution in [2.24, 2.45) is 0 Å². The average molecular weight is 278 g/mol. The van der Waals surface area contributed by atoms with Crippen molar-refractivity contribution in [1.29, 1.82) is 0 Å². The third kappa shape index (κ3) is 4.51. The van der Waals surface area contributed by atoms with E-state index in [0.717, 1.165) is 37.4 Å². The monoisotopic (exact) mass is 278 g/mol. The molecule has 5 nitrogen and oxygen atoms in total. The molecule has 1 fully saturated rings. The zero-order chi connectivity index (χ0) is 14.2. The summed E-state index contributed by atoms with van der Waals surface area (Å²) in [5.74, 6) is 0.872. The van der Waals surface area contributed by atoms with E-state index < -0.39 is 0 Å². The van der Waals surface area contributed by atoms with Gasteiger partial charge in [0.15, 0.2) is 0 Å². The molecule has 5 heteroatoms. The Balaban J connectivity index is 1.70. The molecule has 0 saturated carbocycles. The zero-order valence-corrected chi connectivity index (χ0v) is 11.9. The van der Waals surface area contributed by atoms with Gasteiger partial charge in [0.05, 0.1) is 13.7 Å². The molecule has 0 spiro atoms. The number of carbonyl (C=O) groups excluding carboxylic acids is 1. The molecule has 2 rings (SSSR count). The number of hydrogen-bond acceptors (Lipinski definition) is 4. The lowest BCUT2D eigenvalue weighted by atomic mass is 10.1. The third-order valence-electron chi connectivity index (χ3n) is 3.38. The van der Waals surface area contributed by atoms with Crippen LogP contribution in [0, 0.1) is 0 Å². The van der Waals surface area contributed by atoms with Gasteiger partial charge in [-0.2, -0.15) is 0 Å². The second-order valence-corrected chi connectivity index (χ2v) is 4.87. The summed E-state index contributed by atoms with van der Waals surface area (Å²) in [6.45, 7) is 2.40. The first-order valence-corrected chi connectivity index (χ1v) is 6.99. The Labute approximate surface area is 119 Å². The Morgan fingerprint density at radius 3 is 2.85 bits per heavy atom. The minimum atomic E-state index is 0.0341. The van der Waals surface area contributed by atoms with Crippen LogP contribution >= 0.6 is 0 Å². The van der Waals surface area contributed by atoms with E-state index in [4.69, 9.17) is 9.47 Å². The second-order valence-electron chi connectivity index (χ2n) is 4.87. The van der Waals surface area contributed by atoms with Crippen molar-refractivity contribution in [2.75, 3.05) is 26.9 Å². The van der Waals surface area contributed by atoms with E-state index in [1.165, 1.54) is 0 Å². The van der Waals surface area contributed by atoms with E-state index >= 15 is 0 Å². The number of hydrogen-bond donors (Lipinski definition) is 2. The van der Waals surface area contributed by atoms with Crippen LogP contribution in [0.5, 0.6) is 5.75 Å². The SMILES string of the molecule is COc1ccccc1CNCC(=O)NC1CCOCC1. The predicted octanol–water partition coefficient (Wildman–Crippen LogP) is 1.08. The van der Waals surface area contributed by atoms with Gasteiger partial charge < -0.3 is 20.1 Å². The van der Waals surface area contributed by atoms with Gasteiger partial charge >= 0.3 is 0 Å². The van der Waals surface area contributed by atoms with Crippen molar-refractivity contribution < 1.29 is 14.3 Å². The molecule has 1 heterocycles. The van der Waals surface area contributed by atoms with Crippen molar-refractivity contribution in [2.45, 2.75) is 25.4 Å². The van der Waals surface area contributed by atoms with E-state index in [1.54, 1.807) is 7.11 Å². The maximum atomic E-state index is 11.8. The molecule has 20 heavy (non-hydrogen) atoms. The summed E-state index contributed by atoms with van der Waals surface area (Å²) in [4.78, 5) is 11.8. The van der Waals surface area contributed by atoms with E-state index in [9.17, 15) is 4.79 Å². The van der Waals surface area contributed by atoms with Gasteiger partial charge in [0.1, 0.15) is 5.75 Å². The van der Waals surface area contributed by atoms with Gasteiger partial charge in [-0.05, 0) is 18.9 Å². The molecule has 0 radical (unpaired) electrons. The summed E-state index contributed by atoms with van der Waals surface area (Å²) < 4.78 is 10.5. The van der Waals surface area contributed by atoms with Crippen molar-refractivity contribution in [3.63, 3.8) is 0 Å². The minimum Gasteiger partial charge on any atom is -0.496 e. The van der Waals surface area contributed by atoms with Crippen LogP contribution in [0.1, 0.15) is 18.4 Å². The van der Waals surface area contributed by atoms with Gasteiger partial charge in [0.2, 0.25) is 5.91 Å². The van der Waals surface area contributed by atoms with Crippen LogP contribution in [0.4, 0.5) is 0 Å². The molecular formula is C15H22N2O3. The summed E-state index contributed by atoms with van der Waals surface area (Å²) in [7, 11) is 1.65. The molecular weight excluding hydrogens is 256 g/mol. The Morgan fingerprint density at radius 1 is 1.35 bits per heavy atom. The van der Waals surface area contributed by atoms with Crippen molar-refractivity contribution in [1.82, 2.24) is 10.6 Å². The number of amides is 1. The lowest BCUT2D eigenvalue weighted by Crippen LogP contribution is -2.42. The fraction of sp³-hybridized carbons (Fsp3) is 0.533. The van der Waals surface area contributed by atoms with E-state index in [2.05, 4.69) is 10.6 Å². The molecule has 0 unspecified atom stereocenters. The van der Waals surface area contributed by atoms with Crippen LogP contribution < -0.4 is 15.4 Å². The van der Waals surface area contributed by atoms with Crippen LogP contribution in [0.25, 0.3) is 0 Å². The number of benzene rings is 1. The van der Waals surface area contributed by atoms with Crippen LogP contribution in [-0.4, -0.2) is 38.8 Å². The van der Waals surface area contributed by atoms with Crippen molar-refractivity contribution in [3.8, 4) is 5.75 Å². The molecule has 1 saturated heterocycles. The van der Waals surface area contributed by atoms with Gasteiger partial charge in [-0.25, -0.2) is 0 Å². The molecule has 1 aromatic rings. The quantitative estimate of drug-likeness (QED) is 0.817. The lowest BCUT2D eigenvalue weighted by Gasteiger charge is -2.23. The number of para-hydroxylation sites is 1. The van der Waals surface area contributed by atoms with Gasteiger partial charge in [-0.1, -0.05) is 18.2 Å². The maximum Gasteiger partial charge on any atom is 0.234 e. The van der Waals surface area contributed by atoms with E-state index in [1.807, 2.05) is 24.3 Å². The summed E-state index contributed by atoms with van der Waals surface area (Å²) >= 11 is 0. The molecule has 110 valence electrons. The van der Waals surface area contributed by atoms with Gasteiger partial charge in [0, 0.05) is 31.4 Å². The molecule has 0 bridgehead atoms. The topological polar surface area (TPSA) is 59.6 Å². The van der Waals surface area contributed by atoms with Crippen LogP contribution in [0.15, 0.2) is 24.3 Å². The standard InChI is InChI=1S/C15H22N2O3/c1-19-14-5-3-2-4-12(14)10-16-11-15(18)17-13-6-8-20-9-7-13/h2-5,13,16H,6-11H2,1H3,(H,17,18).